The van der Waals surface area contributed by atoms with Gasteiger partial charge in [0.25, 0.3) is 0 Å². The largest absolute Gasteiger partial charge is 0.306 e. The van der Waals surface area contributed by atoms with Crippen molar-refractivity contribution in [3.63, 3.8) is 0 Å². The van der Waals surface area contributed by atoms with E-state index in [0.29, 0.717) is 0 Å². The van der Waals surface area contributed by atoms with Crippen molar-refractivity contribution in [2.75, 3.05) is 6.54 Å². The lowest BCUT2D eigenvalue weighted by Gasteiger charge is -2.23. The smallest absolute Gasteiger partial charge is 0.0679 e. The second kappa shape index (κ2) is 6.81. The molecule has 3 heteroatoms. The van der Waals surface area contributed by atoms with E-state index in [-0.39, 0.29) is 6.04 Å². The number of hydrogen-bond donors (Lipinski definition) is 1. The number of hydrogen-bond acceptors (Lipinski definition) is 3. The molecule has 0 aliphatic rings. The molecule has 112 valence electrons. The fraction of sp³-hybridized carbons (Fsp3) is 0.444. The van der Waals surface area contributed by atoms with Crippen LogP contribution in [-0.2, 0) is 6.42 Å². The van der Waals surface area contributed by atoms with Gasteiger partial charge in [0.05, 0.1) is 17.4 Å². The van der Waals surface area contributed by atoms with Crippen LogP contribution in [0.15, 0.2) is 24.3 Å². The molecule has 21 heavy (non-hydrogen) atoms. The Morgan fingerprint density at radius 3 is 2.38 bits per heavy atom. The van der Waals surface area contributed by atoms with Crippen LogP contribution in [0, 0.1) is 20.8 Å². The predicted octanol–water partition coefficient (Wildman–Crippen LogP) is 3.66. The fourth-order valence-electron chi connectivity index (χ4n) is 2.80. The van der Waals surface area contributed by atoms with Crippen molar-refractivity contribution in [2.24, 2.45) is 0 Å². The van der Waals surface area contributed by atoms with E-state index in [0.717, 1.165) is 24.4 Å². The summed E-state index contributed by atoms with van der Waals surface area (Å²) >= 11 is 0. The molecule has 1 aromatic heterocycles. The van der Waals surface area contributed by atoms with Crippen LogP contribution >= 0.6 is 0 Å². The highest BCUT2D eigenvalue weighted by Gasteiger charge is 2.19. The zero-order chi connectivity index (χ0) is 15.4. The van der Waals surface area contributed by atoms with Gasteiger partial charge in [0, 0.05) is 0 Å². The van der Waals surface area contributed by atoms with Gasteiger partial charge in [-0.3, -0.25) is 0 Å². The van der Waals surface area contributed by atoms with Gasteiger partial charge in [-0.05, 0) is 56.5 Å². The first-order valence-corrected chi connectivity index (χ1v) is 7.70. The molecular weight excluding hydrogens is 258 g/mol. The zero-order valence-electron chi connectivity index (χ0n) is 13.7. The monoisotopic (exact) mass is 283 g/mol. The van der Waals surface area contributed by atoms with Gasteiger partial charge in [-0.15, -0.1) is 0 Å². The Morgan fingerprint density at radius 1 is 1.00 bits per heavy atom. The van der Waals surface area contributed by atoms with E-state index in [4.69, 9.17) is 0 Å². The number of aryl methyl sites for hydroxylation is 4. The maximum absolute atomic E-state index is 4.38. The third kappa shape index (κ3) is 3.48. The molecule has 2 rings (SSSR count). The van der Waals surface area contributed by atoms with Crippen molar-refractivity contribution in [3.8, 4) is 0 Å². The summed E-state index contributed by atoms with van der Waals surface area (Å²) in [5.74, 6) is 0. The predicted molar refractivity (Wildman–Crippen MR) is 87.6 cm³/mol. The number of nitrogens with zero attached hydrogens (tertiary/aromatic N) is 2. The highest BCUT2D eigenvalue weighted by Crippen LogP contribution is 2.27. The summed E-state index contributed by atoms with van der Waals surface area (Å²) in [6.07, 6.45) is 0.898. The first-order valence-electron chi connectivity index (χ1n) is 7.70. The second-order valence-electron chi connectivity index (χ2n) is 5.59. The van der Waals surface area contributed by atoms with Gasteiger partial charge in [-0.1, -0.05) is 37.6 Å². The van der Waals surface area contributed by atoms with Crippen molar-refractivity contribution in [2.45, 2.75) is 47.1 Å². The Kier molecular flexibility index (Phi) is 5.07. The summed E-state index contributed by atoms with van der Waals surface area (Å²) in [4.78, 5) is 0. The molecule has 3 nitrogen and oxygen atoms in total. The Bertz CT molecular complexity index is 620. The minimum Gasteiger partial charge on any atom is -0.306 e. The van der Waals surface area contributed by atoms with Crippen LogP contribution in [-0.4, -0.2) is 16.7 Å². The molecule has 1 unspecified atom stereocenters. The minimum absolute atomic E-state index is 0.180. The number of benzene rings is 1. The summed E-state index contributed by atoms with van der Waals surface area (Å²) in [7, 11) is 0. The Hall–Kier alpha value is -1.74. The van der Waals surface area contributed by atoms with Gasteiger partial charge in [0.2, 0.25) is 0 Å². The van der Waals surface area contributed by atoms with Gasteiger partial charge in [-0.25, -0.2) is 0 Å². The van der Waals surface area contributed by atoms with Crippen LogP contribution in [0.5, 0.6) is 0 Å². The quantitative estimate of drug-likeness (QED) is 0.910. The molecule has 0 aliphatic heterocycles. The summed E-state index contributed by atoms with van der Waals surface area (Å²) in [6, 6.07) is 9.00. The first-order chi connectivity index (χ1) is 10.1. The van der Waals surface area contributed by atoms with Crippen molar-refractivity contribution in [1.82, 2.24) is 15.5 Å². The zero-order valence-corrected chi connectivity index (χ0v) is 13.7. The van der Waals surface area contributed by atoms with Crippen LogP contribution in [0.1, 0.15) is 53.5 Å². The number of rotatable bonds is 5. The van der Waals surface area contributed by atoms with Crippen LogP contribution in [0.25, 0.3) is 0 Å². The standard InChI is InChI=1S/C18H25N3/c1-6-17-16(11-14(5)20-21-17)18(19-7-2)15-9-8-12(3)10-13(15)4/h8-11,18-19H,6-7H2,1-5H3. The summed E-state index contributed by atoms with van der Waals surface area (Å²) < 4.78 is 0. The maximum atomic E-state index is 4.38. The van der Waals surface area contributed by atoms with Crippen molar-refractivity contribution < 1.29 is 0 Å². The molecule has 1 atom stereocenters. The summed E-state index contributed by atoms with van der Waals surface area (Å²) in [5, 5.41) is 12.2. The molecule has 0 fully saturated rings. The fourth-order valence-corrected chi connectivity index (χ4v) is 2.80. The van der Waals surface area contributed by atoms with E-state index in [9.17, 15) is 0 Å². The lowest BCUT2D eigenvalue weighted by Crippen LogP contribution is -2.24. The first kappa shape index (κ1) is 15.6. The Balaban J connectivity index is 2.55. The van der Waals surface area contributed by atoms with Crippen molar-refractivity contribution >= 4 is 0 Å². The lowest BCUT2D eigenvalue weighted by atomic mass is 9.92. The minimum atomic E-state index is 0.180. The SMILES string of the molecule is CCNC(c1ccc(C)cc1C)c1cc(C)nnc1CC. The average molecular weight is 283 g/mol. The Morgan fingerprint density at radius 2 is 1.76 bits per heavy atom. The molecule has 0 bridgehead atoms. The van der Waals surface area contributed by atoms with Gasteiger partial charge in [0.15, 0.2) is 0 Å². The molecule has 1 N–H and O–H groups in total. The van der Waals surface area contributed by atoms with Crippen LogP contribution in [0.3, 0.4) is 0 Å². The Labute approximate surface area is 127 Å². The van der Waals surface area contributed by atoms with Crippen LogP contribution < -0.4 is 5.32 Å². The molecule has 0 saturated heterocycles. The van der Waals surface area contributed by atoms with Gasteiger partial charge < -0.3 is 5.32 Å². The molecule has 1 aromatic carbocycles. The average Bonchev–Trinajstić information content (AvgIpc) is 2.45. The second-order valence-corrected chi connectivity index (χ2v) is 5.59. The van der Waals surface area contributed by atoms with Gasteiger partial charge >= 0.3 is 0 Å². The van der Waals surface area contributed by atoms with E-state index >= 15 is 0 Å². The molecule has 0 radical (unpaired) electrons. The van der Waals surface area contributed by atoms with Crippen molar-refractivity contribution in [3.05, 3.63) is 57.9 Å². The summed E-state index contributed by atoms with van der Waals surface area (Å²) in [5.41, 5.74) is 7.23. The van der Waals surface area contributed by atoms with E-state index < -0.39 is 0 Å². The molecule has 0 saturated carbocycles. The molecule has 0 spiro atoms. The third-order valence-electron chi connectivity index (χ3n) is 3.82. The highest BCUT2D eigenvalue weighted by atomic mass is 15.1. The van der Waals surface area contributed by atoms with E-state index in [2.05, 4.69) is 67.5 Å². The number of aromatic nitrogens is 2. The van der Waals surface area contributed by atoms with Gasteiger partial charge in [-0.2, -0.15) is 10.2 Å². The topological polar surface area (TPSA) is 37.8 Å². The highest BCUT2D eigenvalue weighted by molar-refractivity contribution is 5.40. The van der Waals surface area contributed by atoms with E-state index in [1.165, 1.54) is 22.3 Å². The van der Waals surface area contributed by atoms with Crippen molar-refractivity contribution in [1.29, 1.82) is 0 Å². The normalized spacial score (nSPS) is 12.4. The molecule has 0 aliphatic carbocycles. The molecular formula is C18H25N3. The molecule has 0 amide bonds. The third-order valence-corrected chi connectivity index (χ3v) is 3.82. The summed E-state index contributed by atoms with van der Waals surface area (Å²) in [6.45, 7) is 11.5. The van der Waals surface area contributed by atoms with Crippen LogP contribution in [0.4, 0.5) is 0 Å². The van der Waals surface area contributed by atoms with E-state index in [1.54, 1.807) is 0 Å². The van der Waals surface area contributed by atoms with Crippen LogP contribution in [0.2, 0.25) is 0 Å². The molecule has 1 heterocycles. The maximum Gasteiger partial charge on any atom is 0.0679 e. The molecule has 2 aromatic rings. The van der Waals surface area contributed by atoms with Gasteiger partial charge in [0.1, 0.15) is 0 Å². The number of nitrogens with one attached hydrogen (secondary N) is 1. The lowest BCUT2D eigenvalue weighted by molar-refractivity contribution is 0.614. The van der Waals surface area contributed by atoms with E-state index in [1.807, 2.05) is 6.92 Å².